The number of nitro benzene ring substituents is 1. The molecule has 0 unspecified atom stereocenters. The van der Waals surface area contributed by atoms with Crippen molar-refractivity contribution < 1.29 is 14.5 Å². The first-order chi connectivity index (χ1) is 12.6. The first-order valence-corrected chi connectivity index (χ1v) is 7.62. The molecule has 0 saturated heterocycles. The van der Waals surface area contributed by atoms with Crippen molar-refractivity contribution >= 4 is 34.5 Å². The van der Waals surface area contributed by atoms with E-state index in [0.717, 1.165) is 5.01 Å². The maximum atomic E-state index is 12.7. The number of nitro groups is 1. The normalized spacial score (nSPS) is 13.6. The minimum absolute atomic E-state index is 0.156. The van der Waals surface area contributed by atoms with Crippen molar-refractivity contribution in [3.63, 3.8) is 0 Å². The molecule has 0 aliphatic carbocycles. The monoisotopic (exact) mass is 346 g/mol. The molecule has 126 valence electrons. The molecule has 1 aliphatic heterocycles. The zero-order chi connectivity index (χ0) is 18.3. The van der Waals surface area contributed by atoms with E-state index >= 15 is 0 Å². The van der Waals surface area contributed by atoms with E-state index in [1.165, 1.54) is 30.5 Å². The second kappa shape index (κ2) is 5.85. The van der Waals surface area contributed by atoms with Crippen LogP contribution in [0, 0.1) is 10.1 Å². The Morgan fingerprint density at radius 2 is 1.77 bits per heavy atom. The molecule has 0 spiro atoms. The van der Waals surface area contributed by atoms with Crippen molar-refractivity contribution in [3.05, 3.63) is 81.7 Å². The van der Waals surface area contributed by atoms with Crippen LogP contribution in [0.4, 0.5) is 5.69 Å². The molecule has 0 fully saturated rings. The van der Waals surface area contributed by atoms with Gasteiger partial charge >= 0.3 is 0 Å². The summed E-state index contributed by atoms with van der Waals surface area (Å²) in [5.41, 5.74) is 0.718. The van der Waals surface area contributed by atoms with Crippen molar-refractivity contribution in [2.75, 3.05) is 0 Å². The number of nitrogens with zero attached hydrogens (tertiary/aromatic N) is 4. The molecule has 1 aromatic heterocycles. The van der Waals surface area contributed by atoms with Crippen LogP contribution < -0.4 is 0 Å². The summed E-state index contributed by atoms with van der Waals surface area (Å²) in [6.07, 6.45) is 2.88. The summed E-state index contributed by atoms with van der Waals surface area (Å²) in [5, 5.41) is 16.5. The van der Waals surface area contributed by atoms with E-state index in [0.29, 0.717) is 5.69 Å². The number of pyridine rings is 1. The van der Waals surface area contributed by atoms with Crippen LogP contribution in [0.3, 0.4) is 0 Å². The third-order valence-corrected chi connectivity index (χ3v) is 4.05. The van der Waals surface area contributed by atoms with Crippen molar-refractivity contribution in [1.82, 2.24) is 9.99 Å². The zero-order valence-corrected chi connectivity index (χ0v) is 13.2. The molecule has 2 amide bonds. The van der Waals surface area contributed by atoms with E-state index in [2.05, 4.69) is 10.1 Å². The number of non-ortho nitro benzene ring substituents is 1. The zero-order valence-electron chi connectivity index (χ0n) is 13.2. The fourth-order valence-electron chi connectivity index (χ4n) is 2.90. The smallest absolute Gasteiger partial charge is 0.267 e. The first-order valence-electron chi connectivity index (χ1n) is 7.62. The van der Waals surface area contributed by atoms with Crippen LogP contribution in [0.1, 0.15) is 26.4 Å². The number of amides is 2. The van der Waals surface area contributed by atoms with E-state index in [1.807, 2.05) is 0 Å². The van der Waals surface area contributed by atoms with Gasteiger partial charge in [-0.1, -0.05) is 12.1 Å². The van der Waals surface area contributed by atoms with Gasteiger partial charge in [-0.2, -0.15) is 10.1 Å². The van der Waals surface area contributed by atoms with Crippen molar-refractivity contribution in [3.8, 4) is 0 Å². The van der Waals surface area contributed by atoms with Crippen LogP contribution >= 0.6 is 0 Å². The molecule has 0 radical (unpaired) electrons. The topological polar surface area (TPSA) is 106 Å². The van der Waals surface area contributed by atoms with Gasteiger partial charge in [-0.25, -0.2) is 0 Å². The molecule has 26 heavy (non-hydrogen) atoms. The first kappa shape index (κ1) is 15.6. The molecular weight excluding hydrogens is 336 g/mol. The summed E-state index contributed by atoms with van der Waals surface area (Å²) in [5.74, 6) is -1.28. The number of imide groups is 1. The summed E-state index contributed by atoms with van der Waals surface area (Å²) < 4.78 is 0. The number of hydrogen-bond donors (Lipinski definition) is 0. The maximum Gasteiger partial charge on any atom is 0.282 e. The van der Waals surface area contributed by atoms with Crippen molar-refractivity contribution in [2.24, 2.45) is 5.10 Å². The van der Waals surface area contributed by atoms with E-state index in [4.69, 9.17) is 0 Å². The lowest BCUT2D eigenvalue weighted by Crippen LogP contribution is -2.36. The lowest BCUT2D eigenvalue weighted by molar-refractivity contribution is -0.383. The lowest BCUT2D eigenvalue weighted by atomic mass is 9.94. The van der Waals surface area contributed by atoms with Gasteiger partial charge in [0.2, 0.25) is 0 Å². The predicted molar refractivity (Wildman–Crippen MR) is 92.9 cm³/mol. The second-order valence-electron chi connectivity index (χ2n) is 5.54. The molecule has 2 heterocycles. The number of benzene rings is 2. The fraction of sp³-hybridized carbons (Fsp3) is 0. The second-order valence-corrected chi connectivity index (χ2v) is 5.54. The van der Waals surface area contributed by atoms with Gasteiger partial charge in [0, 0.05) is 17.6 Å². The Hall–Kier alpha value is -3.94. The van der Waals surface area contributed by atoms with Gasteiger partial charge in [-0.05, 0) is 30.3 Å². The van der Waals surface area contributed by atoms with Gasteiger partial charge in [-0.15, -0.1) is 0 Å². The molecule has 8 nitrogen and oxygen atoms in total. The molecule has 0 saturated carbocycles. The van der Waals surface area contributed by atoms with Crippen LogP contribution in [0.15, 0.2) is 59.8 Å². The minimum atomic E-state index is -0.638. The van der Waals surface area contributed by atoms with Crippen LogP contribution in [-0.4, -0.2) is 32.9 Å². The number of rotatable bonds is 3. The average Bonchev–Trinajstić information content (AvgIpc) is 2.66. The third-order valence-electron chi connectivity index (χ3n) is 4.05. The Balaban J connectivity index is 1.86. The van der Waals surface area contributed by atoms with Gasteiger partial charge in [0.05, 0.1) is 33.3 Å². The van der Waals surface area contributed by atoms with Crippen molar-refractivity contribution in [2.45, 2.75) is 0 Å². The Morgan fingerprint density at radius 1 is 1.00 bits per heavy atom. The molecule has 1 aliphatic rings. The van der Waals surface area contributed by atoms with Gasteiger partial charge in [0.1, 0.15) is 0 Å². The summed E-state index contributed by atoms with van der Waals surface area (Å²) >= 11 is 0. The highest BCUT2D eigenvalue weighted by Gasteiger charge is 2.34. The molecule has 0 atom stereocenters. The van der Waals surface area contributed by atoms with E-state index in [-0.39, 0.29) is 27.6 Å². The Bertz CT molecular complexity index is 1090. The van der Waals surface area contributed by atoms with Gasteiger partial charge < -0.3 is 0 Å². The third kappa shape index (κ3) is 2.32. The average molecular weight is 346 g/mol. The van der Waals surface area contributed by atoms with Gasteiger partial charge in [0.15, 0.2) is 0 Å². The lowest BCUT2D eigenvalue weighted by Gasteiger charge is -2.22. The molecule has 0 bridgehead atoms. The number of carbonyl (C=O) groups is 2. The highest BCUT2D eigenvalue weighted by atomic mass is 16.6. The highest BCUT2D eigenvalue weighted by molar-refractivity contribution is 6.26. The standard InChI is InChI=1S/C18H10N4O4/c23-17-13-6-3-5-12-15(22(25)26)8-7-14(16(12)13)18(24)21(17)20-10-11-4-1-2-9-19-11/h1-10H. The molecular formula is C18H10N4O4. The summed E-state index contributed by atoms with van der Waals surface area (Å²) in [6.45, 7) is 0. The van der Waals surface area contributed by atoms with Crippen LogP contribution in [0.2, 0.25) is 0 Å². The summed E-state index contributed by atoms with van der Waals surface area (Å²) in [4.78, 5) is 40.2. The molecule has 3 aromatic rings. The SMILES string of the molecule is O=C1c2cccc3c([N+](=O)[O-])ccc(c23)C(=O)N1N=Cc1ccccn1. The Kier molecular flexibility index (Phi) is 3.51. The molecule has 0 N–H and O–H groups in total. The highest BCUT2D eigenvalue weighted by Crippen LogP contribution is 2.35. The van der Waals surface area contributed by atoms with Crippen LogP contribution in [0.5, 0.6) is 0 Å². The molecule has 8 heteroatoms. The minimum Gasteiger partial charge on any atom is -0.267 e. The largest absolute Gasteiger partial charge is 0.282 e. The number of hydrazone groups is 1. The van der Waals surface area contributed by atoms with E-state index < -0.39 is 16.7 Å². The molecule has 4 rings (SSSR count). The predicted octanol–water partition coefficient (Wildman–Crippen LogP) is 2.77. The number of aromatic nitrogens is 1. The summed E-state index contributed by atoms with van der Waals surface area (Å²) in [7, 11) is 0. The quantitative estimate of drug-likeness (QED) is 0.314. The van der Waals surface area contributed by atoms with E-state index in [1.54, 1.807) is 30.5 Å². The van der Waals surface area contributed by atoms with Crippen LogP contribution in [-0.2, 0) is 0 Å². The Labute approximate surface area is 146 Å². The summed E-state index contributed by atoms with van der Waals surface area (Å²) in [6, 6.07) is 12.4. The molecule has 2 aromatic carbocycles. The fourth-order valence-corrected chi connectivity index (χ4v) is 2.90. The number of hydrogen-bond acceptors (Lipinski definition) is 6. The van der Waals surface area contributed by atoms with Crippen molar-refractivity contribution in [1.29, 1.82) is 0 Å². The van der Waals surface area contributed by atoms with Gasteiger partial charge in [-0.3, -0.25) is 24.7 Å². The number of carbonyl (C=O) groups excluding carboxylic acids is 2. The maximum absolute atomic E-state index is 12.7. The van der Waals surface area contributed by atoms with E-state index in [9.17, 15) is 19.7 Å². The Morgan fingerprint density at radius 3 is 2.46 bits per heavy atom. The van der Waals surface area contributed by atoms with Gasteiger partial charge in [0.25, 0.3) is 17.5 Å². The van der Waals surface area contributed by atoms with Crippen LogP contribution in [0.25, 0.3) is 10.8 Å².